The van der Waals surface area contributed by atoms with Crippen molar-refractivity contribution < 1.29 is 4.79 Å². The zero-order valence-corrected chi connectivity index (χ0v) is 15.7. The first kappa shape index (κ1) is 20.8. The maximum absolute atomic E-state index is 12.3. The van der Waals surface area contributed by atoms with Gasteiger partial charge in [-0.25, -0.2) is 4.79 Å². The van der Waals surface area contributed by atoms with Gasteiger partial charge in [-0.05, 0) is 26.7 Å². The van der Waals surface area contributed by atoms with Gasteiger partial charge in [0.2, 0.25) is 5.91 Å². The predicted octanol–water partition coefficient (Wildman–Crippen LogP) is 1.05. The van der Waals surface area contributed by atoms with E-state index in [0.717, 1.165) is 25.7 Å². The summed E-state index contributed by atoms with van der Waals surface area (Å²) in [5, 5.41) is 2.91. The van der Waals surface area contributed by atoms with E-state index in [2.05, 4.69) is 17.2 Å². The van der Waals surface area contributed by atoms with E-state index in [9.17, 15) is 14.4 Å². The smallest absolute Gasteiger partial charge is 0.330 e. The van der Waals surface area contributed by atoms with Crippen LogP contribution in [0.25, 0.3) is 0 Å². The van der Waals surface area contributed by atoms with Gasteiger partial charge in [0.05, 0.1) is 6.54 Å². The summed E-state index contributed by atoms with van der Waals surface area (Å²) in [6.45, 7) is 8.72. The summed E-state index contributed by atoms with van der Waals surface area (Å²) in [5.41, 5.74) is 5.19. The molecule has 8 heteroatoms. The second kappa shape index (κ2) is 9.90. The largest absolute Gasteiger partial charge is 0.383 e. The fraction of sp³-hybridized carbons (Fsp3) is 0.706. The number of aromatic nitrogens is 2. The molecule has 142 valence electrons. The fourth-order valence-electron chi connectivity index (χ4n) is 2.77. The highest BCUT2D eigenvalue weighted by atomic mass is 16.2. The van der Waals surface area contributed by atoms with Crippen LogP contribution in [-0.2, 0) is 11.3 Å². The van der Waals surface area contributed by atoms with Gasteiger partial charge in [0.15, 0.2) is 0 Å². The van der Waals surface area contributed by atoms with Gasteiger partial charge in [-0.2, -0.15) is 0 Å². The fourth-order valence-corrected chi connectivity index (χ4v) is 2.77. The summed E-state index contributed by atoms with van der Waals surface area (Å²) in [6, 6.07) is 0.0744. The zero-order chi connectivity index (χ0) is 19.0. The minimum atomic E-state index is -0.563. The molecule has 0 aliphatic carbocycles. The van der Waals surface area contributed by atoms with E-state index in [1.165, 1.54) is 4.57 Å². The van der Waals surface area contributed by atoms with Gasteiger partial charge < -0.3 is 16.0 Å². The third-order valence-corrected chi connectivity index (χ3v) is 4.11. The van der Waals surface area contributed by atoms with Crippen LogP contribution in [0.15, 0.2) is 9.59 Å². The molecule has 8 nitrogen and oxygen atoms in total. The molecule has 1 aromatic heterocycles. The van der Waals surface area contributed by atoms with E-state index < -0.39 is 11.2 Å². The third-order valence-electron chi connectivity index (χ3n) is 4.11. The van der Waals surface area contributed by atoms with Gasteiger partial charge in [-0.15, -0.1) is 0 Å². The van der Waals surface area contributed by atoms with Crippen molar-refractivity contribution in [2.24, 2.45) is 0 Å². The van der Waals surface area contributed by atoms with Gasteiger partial charge >= 0.3 is 5.69 Å². The highest BCUT2D eigenvalue weighted by Crippen LogP contribution is 2.16. The molecule has 1 atom stereocenters. The number of nitrogens with zero attached hydrogens (tertiary/aromatic N) is 2. The van der Waals surface area contributed by atoms with Gasteiger partial charge in [-0.3, -0.25) is 19.1 Å². The van der Waals surface area contributed by atoms with Crippen molar-refractivity contribution >= 4 is 17.4 Å². The highest BCUT2D eigenvalue weighted by molar-refractivity contribution is 5.82. The second-order valence-electron chi connectivity index (χ2n) is 6.27. The molecule has 0 aromatic carbocycles. The molecular formula is C17H31N5O3. The van der Waals surface area contributed by atoms with Crippen LogP contribution < -0.4 is 27.2 Å². The maximum atomic E-state index is 12.3. The van der Waals surface area contributed by atoms with E-state index in [-0.39, 0.29) is 30.0 Å². The number of carbonyl (C=O) groups is 1. The van der Waals surface area contributed by atoms with Crippen molar-refractivity contribution in [3.63, 3.8) is 0 Å². The molecule has 1 aromatic rings. The van der Waals surface area contributed by atoms with Crippen molar-refractivity contribution in [2.75, 3.05) is 23.7 Å². The Labute approximate surface area is 148 Å². The monoisotopic (exact) mass is 353 g/mol. The standard InChI is InChI=1S/C17H31N5O3/c1-5-8-10-22-15(18)14(16(24)20-17(22)25)21(7-3)11-13(23)19-12(4)9-6-2/h12H,5-11,18H2,1-4H3,(H,19,23)(H,20,24,25). The number of rotatable bonds is 10. The van der Waals surface area contributed by atoms with E-state index in [0.29, 0.717) is 13.1 Å². The lowest BCUT2D eigenvalue weighted by Gasteiger charge is -2.25. The summed E-state index contributed by atoms with van der Waals surface area (Å²) in [4.78, 5) is 40.4. The number of carbonyl (C=O) groups excluding carboxylic acids is 1. The number of amides is 1. The minimum Gasteiger partial charge on any atom is -0.383 e. The summed E-state index contributed by atoms with van der Waals surface area (Å²) in [5.74, 6) is -0.0636. The van der Waals surface area contributed by atoms with E-state index >= 15 is 0 Å². The quantitative estimate of drug-likeness (QED) is 0.582. The van der Waals surface area contributed by atoms with Gasteiger partial charge in [0, 0.05) is 19.1 Å². The van der Waals surface area contributed by atoms with Crippen LogP contribution in [0.3, 0.4) is 0 Å². The Morgan fingerprint density at radius 3 is 2.52 bits per heavy atom. The summed E-state index contributed by atoms with van der Waals surface area (Å²) >= 11 is 0. The van der Waals surface area contributed by atoms with Crippen LogP contribution in [0, 0.1) is 0 Å². The Morgan fingerprint density at radius 1 is 1.28 bits per heavy atom. The summed E-state index contributed by atoms with van der Waals surface area (Å²) in [7, 11) is 0. The Morgan fingerprint density at radius 2 is 1.96 bits per heavy atom. The lowest BCUT2D eigenvalue weighted by atomic mass is 10.2. The molecule has 0 saturated carbocycles. The van der Waals surface area contributed by atoms with Crippen molar-refractivity contribution in [3.8, 4) is 0 Å². The second-order valence-corrected chi connectivity index (χ2v) is 6.27. The molecular weight excluding hydrogens is 322 g/mol. The van der Waals surface area contributed by atoms with Gasteiger partial charge in [0.25, 0.3) is 5.56 Å². The molecule has 1 unspecified atom stereocenters. The lowest BCUT2D eigenvalue weighted by molar-refractivity contribution is -0.120. The van der Waals surface area contributed by atoms with Crippen LogP contribution in [-0.4, -0.2) is 34.6 Å². The molecule has 0 aliphatic heterocycles. The molecule has 1 rings (SSSR count). The van der Waals surface area contributed by atoms with Crippen molar-refractivity contribution in [1.82, 2.24) is 14.9 Å². The number of nitrogens with two attached hydrogens (primary N) is 1. The van der Waals surface area contributed by atoms with Crippen molar-refractivity contribution in [2.45, 2.75) is 66.0 Å². The number of anilines is 2. The van der Waals surface area contributed by atoms with Crippen LogP contribution >= 0.6 is 0 Å². The van der Waals surface area contributed by atoms with Crippen LogP contribution in [0.2, 0.25) is 0 Å². The first-order chi connectivity index (χ1) is 11.8. The Hall–Kier alpha value is -2.25. The SMILES string of the molecule is CCCCn1c(N)c(N(CC)CC(=O)NC(C)CCC)c(=O)[nH]c1=O. The van der Waals surface area contributed by atoms with E-state index in [4.69, 9.17) is 5.73 Å². The number of H-pyrrole nitrogens is 1. The van der Waals surface area contributed by atoms with Gasteiger partial charge in [-0.1, -0.05) is 26.7 Å². The van der Waals surface area contributed by atoms with Crippen molar-refractivity contribution in [3.05, 3.63) is 20.8 Å². The topological polar surface area (TPSA) is 113 Å². The number of hydrogen-bond donors (Lipinski definition) is 3. The number of nitrogens with one attached hydrogen (secondary N) is 2. The first-order valence-corrected chi connectivity index (χ1v) is 9.02. The normalized spacial score (nSPS) is 12.0. The number of hydrogen-bond acceptors (Lipinski definition) is 5. The number of aromatic amines is 1. The van der Waals surface area contributed by atoms with E-state index in [1.807, 2.05) is 20.8 Å². The van der Waals surface area contributed by atoms with Crippen molar-refractivity contribution in [1.29, 1.82) is 0 Å². The Kier molecular flexibility index (Phi) is 8.24. The molecule has 0 aliphatic rings. The average molecular weight is 353 g/mol. The first-order valence-electron chi connectivity index (χ1n) is 9.02. The number of unbranched alkanes of at least 4 members (excludes halogenated alkanes) is 1. The molecule has 25 heavy (non-hydrogen) atoms. The molecule has 1 heterocycles. The van der Waals surface area contributed by atoms with Crippen LogP contribution in [0.1, 0.15) is 53.4 Å². The zero-order valence-electron chi connectivity index (χ0n) is 15.7. The van der Waals surface area contributed by atoms with Crippen LogP contribution in [0.5, 0.6) is 0 Å². The van der Waals surface area contributed by atoms with E-state index in [1.54, 1.807) is 4.90 Å². The molecule has 0 saturated heterocycles. The third kappa shape index (κ3) is 5.65. The highest BCUT2D eigenvalue weighted by Gasteiger charge is 2.20. The predicted molar refractivity (Wildman–Crippen MR) is 101 cm³/mol. The Balaban J connectivity index is 3.08. The molecule has 1 amide bonds. The number of likely N-dealkylation sites (N-methyl/N-ethyl adjacent to an activating group) is 1. The summed E-state index contributed by atoms with van der Waals surface area (Å²) < 4.78 is 1.36. The van der Waals surface area contributed by atoms with Crippen LogP contribution in [0.4, 0.5) is 11.5 Å². The number of nitrogen functional groups attached to an aromatic ring is 1. The lowest BCUT2D eigenvalue weighted by Crippen LogP contribution is -2.44. The molecule has 0 spiro atoms. The minimum absolute atomic E-state index is 0.0177. The molecule has 0 fully saturated rings. The maximum Gasteiger partial charge on any atom is 0.330 e. The Bertz CT molecular complexity index is 680. The van der Waals surface area contributed by atoms with Gasteiger partial charge in [0.1, 0.15) is 11.5 Å². The molecule has 0 bridgehead atoms. The average Bonchev–Trinajstić information content (AvgIpc) is 2.53. The summed E-state index contributed by atoms with van der Waals surface area (Å²) in [6.07, 6.45) is 3.54. The molecule has 4 N–H and O–H groups in total. The molecule has 0 radical (unpaired) electrons.